The van der Waals surface area contributed by atoms with Crippen LogP contribution in [0.1, 0.15) is 52.0 Å². The van der Waals surface area contributed by atoms with Crippen LogP contribution in [-0.2, 0) is 5.60 Å². The maximum atomic E-state index is 10.8. The summed E-state index contributed by atoms with van der Waals surface area (Å²) < 4.78 is 0. The van der Waals surface area contributed by atoms with Crippen molar-refractivity contribution in [3.63, 3.8) is 0 Å². The number of rotatable bonds is 1. The van der Waals surface area contributed by atoms with Crippen molar-refractivity contribution in [2.75, 3.05) is 0 Å². The van der Waals surface area contributed by atoms with E-state index in [0.29, 0.717) is 16.4 Å². The average molecular weight is 267 g/mol. The van der Waals surface area contributed by atoms with Gasteiger partial charge in [-0.1, -0.05) is 50.6 Å². The summed E-state index contributed by atoms with van der Waals surface area (Å²) in [5, 5.41) is 11.5. The predicted octanol–water partition coefficient (Wildman–Crippen LogP) is 4.76. The lowest BCUT2D eigenvalue weighted by Gasteiger charge is -2.41. The molecule has 0 spiro atoms. The van der Waals surface area contributed by atoms with Crippen molar-refractivity contribution in [2.24, 2.45) is 11.3 Å². The highest BCUT2D eigenvalue weighted by Crippen LogP contribution is 2.46. The molecule has 0 radical (unpaired) electrons. The van der Waals surface area contributed by atoms with Gasteiger partial charge < -0.3 is 5.11 Å². The van der Waals surface area contributed by atoms with E-state index >= 15 is 0 Å². The smallest absolute Gasteiger partial charge is 0.0911 e. The third-order valence-corrected chi connectivity index (χ3v) is 4.74. The number of hydrogen-bond acceptors (Lipinski definition) is 1. The fourth-order valence-electron chi connectivity index (χ4n) is 3.07. The molecule has 0 aliphatic heterocycles. The molecule has 1 aliphatic rings. The van der Waals surface area contributed by atoms with Gasteiger partial charge in [0.25, 0.3) is 0 Å². The fraction of sp³-hybridized carbons (Fsp3) is 0.625. The van der Waals surface area contributed by atoms with Crippen LogP contribution in [0.15, 0.2) is 24.3 Å². The van der Waals surface area contributed by atoms with Crippen LogP contribution >= 0.6 is 11.6 Å². The number of halogens is 1. The minimum atomic E-state index is -0.722. The van der Waals surface area contributed by atoms with E-state index in [9.17, 15) is 5.11 Å². The first kappa shape index (κ1) is 13.9. The van der Waals surface area contributed by atoms with Gasteiger partial charge in [-0.15, -0.1) is 0 Å². The van der Waals surface area contributed by atoms with Crippen molar-refractivity contribution in [1.82, 2.24) is 0 Å². The maximum absolute atomic E-state index is 10.8. The Hall–Kier alpha value is -0.530. The van der Waals surface area contributed by atoms with E-state index in [1.54, 1.807) is 0 Å². The van der Waals surface area contributed by atoms with Gasteiger partial charge in [-0.25, -0.2) is 0 Å². The Balaban J connectivity index is 2.15. The van der Waals surface area contributed by atoms with Gasteiger partial charge in [-0.05, 0) is 43.1 Å². The second-order valence-electron chi connectivity index (χ2n) is 6.65. The summed E-state index contributed by atoms with van der Waals surface area (Å²) in [6, 6.07) is 7.69. The lowest BCUT2D eigenvalue weighted by molar-refractivity contribution is -0.0297. The van der Waals surface area contributed by atoms with Crippen LogP contribution in [0.4, 0.5) is 0 Å². The van der Waals surface area contributed by atoms with Crippen LogP contribution in [0, 0.1) is 11.3 Å². The summed E-state index contributed by atoms with van der Waals surface area (Å²) >= 11 is 6.21. The minimum Gasteiger partial charge on any atom is -0.385 e. The minimum absolute atomic E-state index is 0.335. The first-order chi connectivity index (χ1) is 8.33. The van der Waals surface area contributed by atoms with Gasteiger partial charge >= 0.3 is 0 Å². The molecule has 1 aromatic carbocycles. The van der Waals surface area contributed by atoms with E-state index in [4.69, 9.17) is 11.6 Å². The van der Waals surface area contributed by atoms with Crippen molar-refractivity contribution < 1.29 is 5.11 Å². The Bertz CT molecular complexity index is 411. The molecule has 1 fully saturated rings. The molecule has 1 aliphatic carbocycles. The first-order valence-electron chi connectivity index (χ1n) is 6.80. The van der Waals surface area contributed by atoms with Gasteiger partial charge in [-0.3, -0.25) is 0 Å². The van der Waals surface area contributed by atoms with Crippen molar-refractivity contribution in [2.45, 2.75) is 52.1 Å². The molecule has 1 saturated carbocycles. The zero-order chi connectivity index (χ0) is 13.4. The number of benzene rings is 1. The molecular formula is C16H23ClO. The zero-order valence-corrected chi connectivity index (χ0v) is 12.3. The van der Waals surface area contributed by atoms with Crippen LogP contribution in [0.5, 0.6) is 0 Å². The van der Waals surface area contributed by atoms with Crippen LogP contribution in [0.3, 0.4) is 0 Å². The molecule has 0 bridgehead atoms. The van der Waals surface area contributed by atoms with Gasteiger partial charge in [0.15, 0.2) is 0 Å². The molecule has 18 heavy (non-hydrogen) atoms. The van der Waals surface area contributed by atoms with Gasteiger partial charge in [0.2, 0.25) is 0 Å². The monoisotopic (exact) mass is 266 g/mol. The average Bonchev–Trinajstić information content (AvgIpc) is 2.28. The molecule has 0 amide bonds. The summed E-state index contributed by atoms with van der Waals surface area (Å²) in [7, 11) is 0. The molecule has 0 saturated heterocycles. The molecule has 2 rings (SSSR count). The Morgan fingerprint density at radius 3 is 2.22 bits per heavy atom. The van der Waals surface area contributed by atoms with E-state index in [1.165, 1.54) is 0 Å². The standard InChI is InChI=1S/C16H23ClO/c1-15(2,3)12-8-10-16(18,11-9-12)13-6-4-5-7-14(13)17/h4-7,12,18H,8-11H2,1-3H3. The van der Waals surface area contributed by atoms with Gasteiger partial charge in [-0.2, -0.15) is 0 Å². The second-order valence-corrected chi connectivity index (χ2v) is 7.06. The Labute approximate surface area is 115 Å². The van der Waals surface area contributed by atoms with Gasteiger partial charge in [0.1, 0.15) is 0 Å². The lowest BCUT2D eigenvalue weighted by atomic mass is 9.67. The Morgan fingerprint density at radius 2 is 1.72 bits per heavy atom. The van der Waals surface area contributed by atoms with Crippen LogP contribution in [-0.4, -0.2) is 5.11 Å². The second kappa shape index (κ2) is 4.86. The lowest BCUT2D eigenvalue weighted by Crippen LogP contribution is -2.35. The first-order valence-corrected chi connectivity index (χ1v) is 7.18. The molecule has 2 heteroatoms. The summed E-state index contributed by atoms with van der Waals surface area (Å²) in [5.41, 5.74) is 0.515. The zero-order valence-electron chi connectivity index (χ0n) is 11.5. The van der Waals surface area contributed by atoms with E-state index < -0.39 is 5.60 Å². The van der Waals surface area contributed by atoms with E-state index in [-0.39, 0.29) is 0 Å². The molecule has 0 aromatic heterocycles. The molecule has 0 unspecified atom stereocenters. The number of hydrogen-bond donors (Lipinski definition) is 1. The molecule has 100 valence electrons. The fourth-order valence-corrected chi connectivity index (χ4v) is 3.38. The van der Waals surface area contributed by atoms with Crippen molar-refractivity contribution in [3.8, 4) is 0 Å². The van der Waals surface area contributed by atoms with Crippen molar-refractivity contribution >= 4 is 11.6 Å². The van der Waals surface area contributed by atoms with Gasteiger partial charge in [0.05, 0.1) is 5.60 Å². The van der Waals surface area contributed by atoms with E-state index in [2.05, 4.69) is 20.8 Å². The molecule has 0 heterocycles. The predicted molar refractivity (Wildman–Crippen MR) is 76.8 cm³/mol. The summed E-state index contributed by atoms with van der Waals surface area (Å²) in [4.78, 5) is 0. The topological polar surface area (TPSA) is 20.2 Å². The van der Waals surface area contributed by atoms with Crippen LogP contribution in [0.2, 0.25) is 5.02 Å². The van der Waals surface area contributed by atoms with Crippen molar-refractivity contribution in [1.29, 1.82) is 0 Å². The SMILES string of the molecule is CC(C)(C)C1CCC(O)(c2ccccc2Cl)CC1. The maximum Gasteiger partial charge on any atom is 0.0911 e. The normalized spacial score (nSPS) is 29.3. The highest BCUT2D eigenvalue weighted by molar-refractivity contribution is 6.31. The van der Waals surface area contributed by atoms with E-state index in [1.807, 2.05) is 24.3 Å². The van der Waals surface area contributed by atoms with Gasteiger partial charge in [0, 0.05) is 10.6 Å². The third-order valence-electron chi connectivity index (χ3n) is 4.41. The molecule has 1 N–H and O–H groups in total. The molecule has 1 aromatic rings. The van der Waals surface area contributed by atoms with E-state index in [0.717, 1.165) is 31.2 Å². The third kappa shape index (κ3) is 2.73. The largest absolute Gasteiger partial charge is 0.385 e. The Kier molecular flexibility index (Phi) is 3.75. The summed E-state index contributed by atoms with van der Waals surface area (Å²) in [5.74, 6) is 0.695. The highest BCUT2D eigenvalue weighted by atomic mass is 35.5. The van der Waals surface area contributed by atoms with Crippen LogP contribution < -0.4 is 0 Å². The van der Waals surface area contributed by atoms with Crippen LogP contribution in [0.25, 0.3) is 0 Å². The molecule has 0 atom stereocenters. The highest BCUT2D eigenvalue weighted by Gasteiger charge is 2.39. The van der Waals surface area contributed by atoms with Crippen molar-refractivity contribution in [3.05, 3.63) is 34.9 Å². The number of aliphatic hydroxyl groups is 1. The molecular weight excluding hydrogens is 244 g/mol. The summed E-state index contributed by atoms with van der Waals surface area (Å²) in [6.07, 6.45) is 3.79. The molecule has 1 nitrogen and oxygen atoms in total. The Morgan fingerprint density at radius 1 is 1.17 bits per heavy atom. The summed E-state index contributed by atoms with van der Waals surface area (Å²) in [6.45, 7) is 6.87. The quantitative estimate of drug-likeness (QED) is 0.777.